The third kappa shape index (κ3) is 7.54. The number of benzene rings is 2. The van der Waals surface area contributed by atoms with Crippen molar-refractivity contribution >= 4 is 50.9 Å². The van der Waals surface area contributed by atoms with E-state index in [-0.39, 0.29) is 29.9 Å². The number of carbonyl (C=O) groups excluding carboxylic acids is 3. The number of nitrogens with zero attached hydrogens (tertiary/aromatic N) is 1. The highest BCUT2D eigenvalue weighted by molar-refractivity contribution is 9.10. The van der Waals surface area contributed by atoms with Crippen molar-refractivity contribution in [1.82, 2.24) is 4.90 Å². The quantitative estimate of drug-likeness (QED) is 0.265. The van der Waals surface area contributed by atoms with Crippen LogP contribution in [0.25, 0.3) is 10.4 Å². The SMILES string of the molecule is CCOC(=O)COc1c(C(=O)OC)sc(-c2cccc(OCC3CCN(C(=O)Nc4ccccc4)CC3)c2)c1Br. The molecule has 11 heteroatoms. The molecule has 2 heterocycles. The molecule has 1 aliphatic rings. The summed E-state index contributed by atoms with van der Waals surface area (Å²) in [5.41, 5.74) is 1.60. The van der Waals surface area contributed by atoms with Gasteiger partial charge in [0.25, 0.3) is 0 Å². The van der Waals surface area contributed by atoms with Crippen LogP contribution in [0.2, 0.25) is 0 Å². The molecule has 1 aliphatic heterocycles. The van der Waals surface area contributed by atoms with Gasteiger partial charge in [0.05, 0.1) is 29.7 Å². The molecule has 1 saturated heterocycles. The van der Waals surface area contributed by atoms with Crippen LogP contribution < -0.4 is 14.8 Å². The van der Waals surface area contributed by atoms with E-state index in [2.05, 4.69) is 21.2 Å². The zero-order valence-corrected chi connectivity index (χ0v) is 24.7. The number of anilines is 1. The second-order valence-electron chi connectivity index (χ2n) is 9.05. The lowest BCUT2D eigenvalue weighted by Crippen LogP contribution is -2.42. The number of thiophene rings is 1. The first kappa shape index (κ1) is 29.4. The second-order valence-corrected chi connectivity index (χ2v) is 10.9. The molecule has 0 atom stereocenters. The van der Waals surface area contributed by atoms with Crippen LogP contribution in [-0.2, 0) is 14.3 Å². The first-order chi connectivity index (χ1) is 19.4. The summed E-state index contributed by atoms with van der Waals surface area (Å²) < 4.78 is 22.2. The molecule has 0 aliphatic carbocycles. The summed E-state index contributed by atoms with van der Waals surface area (Å²) in [4.78, 5) is 39.6. The molecular weight excluding hydrogens is 600 g/mol. The zero-order chi connectivity index (χ0) is 28.5. The molecule has 40 heavy (non-hydrogen) atoms. The Kier molecular flexibility index (Phi) is 10.4. The number of para-hydroxylation sites is 1. The lowest BCUT2D eigenvalue weighted by Gasteiger charge is -2.32. The average Bonchev–Trinajstić information content (AvgIpc) is 3.31. The van der Waals surface area contributed by atoms with Crippen LogP contribution in [0, 0.1) is 5.92 Å². The van der Waals surface area contributed by atoms with Crippen LogP contribution in [0.1, 0.15) is 29.4 Å². The number of rotatable bonds is 10. The number of amides is 2. The van der Waals surface area contributed by atoms with Gasteiger partial charge >= 0.3 is 18.0 Å². The molecule has 3 aromatic rings. The predicted octanol–water partition coefficient (Wildman–Crippen LogP) is 6.23. The lowest BCUT2D eigenvalue weighted by molar-refractivity contribution is -0.145. The van der Waals surface area contributed by atoms with E-state index in [1.807, 2.05) is 59.5 Å². The highest BCUT2D eigenvalue weighted by Gasteiger charge is 2.26. The van der Waals surface area contributed by atoms with E-state index in [1.54, 1.807) is 6.92 Å². The highest BCUT2D eigenvalue weighted by atomic mass is 79.9. The molecule has 1 N–H and O–H groups in total. The Morgan fingerprint density at radius 1 is 1.05 bits per heavy atom. The molecular formula is C29H31BrN2O7S. The number of likely N-dealkylation sites (tertiary alicyclic amines) is 1. The summed E-state index contributed by atoms with van der Waals surface area (Å²) in [5, 5.41) is 2.94. The first-order valence-electron chi connectivity index (χ1n) is 12.9. The molecule has 9 nitrogen and oxygen atoms in total. The monoisotopic (exact) mass is 630 g/mol. The van der Waals surface area contributed by atoms with Gasteiger partial charge in [-0.2, -0.15) is 0 Å². The molecule has 212 valence electrons. The van der Waals surface area contributed by atoms with Crippen LogP contribution >= 0.6 is 27.3 Å². The summed E-state index contributed by atoms with van der Waals surface area (Å²) >= 11 is 4.73. The van der Waals surface area contributed by atoms with Crippen LogP contribution in [0.5, 0.6) is 11.5 Å². The average molecular weight is 632 g/mol. The third-order valence-electron chi connectivity index (χ3n) is 6.33. The molecule has 2 amide bonds. The van der Waals surface area contributed by atoms with Gasteiger partial charge in [-0.15, -0.1) is 11.3 Å². The fraction of sp³-hybridized carbons (Fsp3) is 0.345. The van der Waals surface area contributed by atoms with Gasteiger partial charge in [0.1, 0.15) is 5.75 Å². The standard InChI is InChI=1S/C29H31BrN2O7S/c1-3-37-23(33)18-39-25-24(30)26(40-27(25)28(34)36-2)20-8-7-11-22(16-20)38-17-19-12-14-32(15-13-19)29(35)31-21-9-5-4-6-10-21/h4-11,16,19H,3,12-15,17-18H2,1-2H3,(H,31,35). The summed E-state index contributed by atoms with van der Waals surface area (Å²) in [6.07, 6.45) is 1.70. The fourth-order valence-electron chi connectivity index (χ4n) is 4.24. The number of hydrogen-bond acceptors (Lipinski definition) is 8. The van der Waals surface area contributed by atoms with Crippen molar-refractivity contribution in [2.75, 3.05) is 45.3 Å². The topological polar surface area (TPSA) is 103 Å². The Balaban J connectivity index is 1.37. The molecule has 0 spiro atoms. The van der Waals surface area contributed by atoms with Crippen LogP contribution in [0.3, 0.4) is 0 Å². The van der Waals surface area contributed by atoms with E-state index < -0.39 is 11.9 Å². The van der Waals surface area contributed by atoms with Gasteiger partial charge in [-0.25, -0.2) is 14.4 Å². The lowest BCUT2D eigenvalue weighted by atomic mass is 9.98. The smallest absolute Gasteiger partial charge is 0.351 e. The van der Waals surface area contributed by atoms with Crippen molar-refractivity contribution in [3.8, 4) is 21.9 Å². The number of piperidine rings is 1. The van der Waals surface area contributed by atoms with Crippen LogP contribution in [0.4, 0.5) is 10.5 Å². The summed E-state index contributed by atoms with van der Waals surface area (Å²) in [6, 6.07) is 16.9. The maximum absolute atomic E-state index is 12.6. The Morgan fingerprint density at radius 2 is 1.80 bits per heavy atom. The van der Waals surface area contributed by atoms with Gasteiger partial charge in [-0.3, -0.25) is 0 Å². The van der Waals surface area contributed by atoms with Crippen LogP contribution in [-0.4, -0.2) is 62.9 Å². The molecule has 0 saturated carbocycles. The Bertz CT molecular complexity index is 1320. The van der Waals surface area contributed by atoms with E-state index in [9.17, 15) is 14.4 Å². The van der Waals surface area contributed by atoms with Crippen molar-refractivity contribution in [2.45, 2.75) is 19.8 Å². The zero-order valence-electron chi connectivity index (χ0n) is 22.3. The minimum Gasteiger partial charge on any atom is -0.493 e. The molecule has 0 unspecified atom stereocenters. The molecule has 1 aromatic heterocycles. The van der Waals surface area contributed by atoms with E-state index in [0.717, 1.165) is 29.0 Å². The summed E-state index contributed by atoms with van der Waals surface area (Å²) in [6.45, 7) is 3.48. The number of hydrogen-bond donors (Lipinski definition) is 1. The van der Waals surface area contributed by atoms with Gasteiger partial charge in [0, 0.05) is 18.8 Å². The molecule has 0 radical (unpaired) electrons. The Morgan fingerprint density at radius 3 is 2.50 bits per heavy atom. The number of ether oxygens (including phenoxy) is 4. The van der Waals surface area contributed by atoms with E-state index in [4.69, 9.17) is 18.9 Å². The van der Waals surface area contributed by atoms with E-state index >= 15 is 0 Å². The van der Waals surface area contributed by atoms with Crippen molar-refractivity contribution in [3.05, 3.63) is 63.9 Å². The number of halogens is 1. The van der Waals surface area contributed by atoms with E-state index in [0.29, 0.717) is 35.8 Å². The fourth-order valence-corrected chi connectivity index (χ4v) is 6.21. The number of methoxy groups -OCH3 is 1. The second kappa shape index (κ2) is 14.2. The predicted molar refractivity (Wildman–Crippen MR) is 156 cm³/mol. The number of esters is 2. The number of nitrogens with one attached hydrogen (secondary N) is 1. The van der Waals surface area contributed by atoms with Gasteiger partial charge in [-0.1, -0.05) is 30.3 Å². The van der Waals surface area contributed by atoms with Crippen molar-refractivity contribution < 1.29 is 33.3 Å². The van der Waals surface area contributed by atoms with Gasteiger partial charge in [0.2, 0.25) is 0 Å². The summed E-state index contributed by atoms with van der Waals surface area (Å²) in [5.74, 6) is 0.152. The van der Waals surface area contributed by atoms with Crippen molar-refractivity contribution in [1.29, 1.82) is 0 Å². The molecule has 2 aromatic carbocycles. The van der Waals surface area contributed by atoms with Crippen molar-refractivity contribution in [3.63, 3.8) is 0 Å². The van der Waals surface area contributed by atoms with Gasteiger partial charge < -0.3 is 29.2 Å². The van der Waals surface area contributed by atoms with Crippen LogP contribution in [0.15, 0.2) is 59.1 Å². The number of carbonyl (C=O) groups is 3. The molecule has 0 bridgehead atoms. The van der Waals surface area contributed by atoms with Gasteiger partial charge in [-0.05, 0) is 71.4 Å². The first-order valence-corrected chi connectivity index (χ1v) is 14.5. The minimum absolute atomic E-state index is 0.0864. The largest absolute Gasteiger partial charge is 0.493 e. The van der Waals surface area contributed by atoms with Crippen molar-refractivity contribution in [2.24, 2.45) is 5.92 Å². The maximum atomic E-state index is 12.6. The maximum Gasteiger partial charge on any atom is 0.351 e. The minimum atomic E-state index is -0.563. The summed E-state index contributed by atoms with van der Waals surface area (Å²) in [7, 11) is 1.29. The Labute approximate surface area is 245 Å². The normalized spacial score (nSPS) is 13.4. The third-order valence-corrected chi connectivity index (χ3v) is 8.55. The Hall–Kier alpha value is -3.57. The molecule has 1 fully saturated rings. The highest BCUT2D eigenvalue weighted by Crippen LogP contribution is 2.46. The number of urea groups is 1. The molecule has 4 rings (SSSR count). The van der Waals surface area contributed by atoms with Gasteiger partial charge in [0.15, 0.2) is 17.2 Å². The van der Waals surface area contributed by atoms with E-state index in [1.165, 1.54) is 18.4 Å².